The van der Waals surface area contributed by atoms with Crippen molar-refractivity contribution in [3.63, 3.8) is 0 Å². The van der Waals surface area contributed by atoms with E-state index in [0.717, 1.165) is 48.5 Å². The summed E-state index contributed by atoms with van der Waals surface area (Å²) in [5.41, 5.74) is 4.38. The number of rotatable bonds is 4. The topological polar surface area (TPSA) is 49.6 Å². The highest BCUT2D eigenvalue weighted by Gasteiger charge is 2.29. The van der Waals surface area contributed by atoms with Crippen molar-refractivity contribution in [2.24, 2.45) is 0 Å². The van der Waals surface area contributed by atoms with Crippen LogP contribution in [-0.2, 0) is 6.54 Å². The van der Waals surface area contributed by atoms with Crippen molar-refractivity contribution in [1.82, 2.24) is 29.6 Å². The fourth-order valence-corrected chi connectivity index (χ4v) is 4.96. The largest absolute Gasteiger partial charge is 0.295 e. The van der Waals surface area contributed by atoms with E-state index in [4.69, 9.17) is 0 Å². The van der Waals surface area contributed by atoms with Crippen molar-refractivity contribution in [1.29, 1.82) is 0 Å². The lowest BCUT2D eigenvalue weighted by Gasteiger charge is -2.38. The van der Waals surface area contributed by atoms with Crippen LogP contribution >= 0.6 is 11.3 Å². The molecule has 0 aromatic carbocycles. The first kappa shape index (κ1) is 18.4. The molecule has 0 N–H and O–H groups in total. The smallest absolute Gasteiger partial charge is 0.109 e. The number of thiophene rings is 1. The lowest BCUT2D eigenvalue weighted by atomic mass is 10.1. The minimum atomic E-state index is 0.245. The van der Waals surface area contributed by atoms with E-state index in [9.17, 15) is 0 Å². The van der Waals surface area contributed by atoms with E-state index in [2.05, 4.69) is 69.5 Å². The van der Waals surface area contributed by atoms with E-state index >= 15 is 0 Å². The van der Waals surface area contributed by atoms with Crippen molar-refractivity contribution in [2.45, 2.75) is 19.5 Å². The molecule has 1 aliphatic heterocycles. The predicted molar refractivity (Wildman–Crippen MR) is 116 cm³/mol. The normalized spacial score (nSPS) is 18.5. The molecule has 148 valence electrons. The van der Waals surface area contributed by atoms with Gasteiger partial charge in [0.1, 0.15) is 5.69 Å². The maximum atomic E-state index is 4.58. The van der Waals surface area contributed by atoms with Crippen LogP contribution < -0.4 is 0 Å². The third-order valence-corrected chi connectivity index (χ3v) is 6.66. The Bertz CT molecular complexity index is 1120. The van der Waals surface area contributed by atoms with Gasteiger partial charge in [-0.05, 0) is 49.9 Å². The summed E-state index contributed by atoms with van der Waals surface area (Å²) in [7, 11) is 2.19. The summed E-state index contributed by atoms with van der Waals surface area (Å²) in [6.45, 7) is 6.25. The van der Waals surface area contributed by atoms with Crippen molar-refractivity contribution in [3.8, 4) is 11.1 Å². The molecule has 1 atom stereocenters. The second-order valence-corrected chi connectivity index (χ2v) is 9.07. The predicted octanol–water partition coefficient (Wildman–Crippen LogP) is 3.65. The van der Waals surface area contributed by atoms with E-state index in [0.29, 0.717) is 0 Å². The molecule has 1 unspecified atom stereocenters. The van der Waals surface area contributed by atoms with Crippen molar-refractivity contribution < 1.29 is 0 Å². The van der Waals surface area contributed by atoms with E-state index < -0.39 is 0 Å². The van der Waals surface area contributed by atoms with E-state index in [1.165, 1.54) is 9.75 Å². The molecule has 0 spiro atoms. The van der Waals surface area contributed by atoms with Crippen LogP contribution in [0.5, 0.6) is 0 Å². The first-order valence-corrected chi connectivity index (χ1v) is 10.7. The van der Waals surface area contributed by atoms with Gasteiger partial charge in [0.05, 0.1) is 11.6 Å². The zero-order valence-corrected chi connectivity index (χ0v) is 17.5. The summed E-state index contributed by atoms with van der Waals surface area (Å²) in [5, 5.41) is 9.02. The summed E-state index contributed by atoms with van der Waals surface area (Å²) < 4.78 is 1.90. The molecule has 0 radical (unpaired) electrons. The Kier molecular flexibility index (Phi) is 4.87. The van der Waals surface area contributed by atoms with Crippen LogP contribution in [-0.4, -0.2) is 56.3 Å². The van der Waals surface area contributed by atoms with Gasteiger partial charge in [-0.15, -0.1) is 16.4 Å². The Hall–Kier alpha value is -2.61. The quantitative estimate of drug-likeness (QED) is 0.520. The van der Waals surface area contributed by atoms with Gasteiger partial charge in [-0.2, -0.15) is 0 Å². The fraction of sp³-hybridized carbons (Fsp3) is 0.318. The van der Waals surface area contributed by atoms with Gasteiger partial charge in [0.15, 0.2) is 0 Å². The Morgan fingerprint density at radius 1 is 1.03 bits per heavy atom. The summed E-state index contributed by atoms with van der Waals surface area (Å²) in [6, 6.07) is 13.0. The average Bonchev–Trinajstić information content (AvgIpc) is 3.35. The van der Waals surface area contributed by atoms with Crippen LogP contribution in [0.15, 0.2) is 55.0 Å². The minimum absolute atomic E-state index is 0.245. The highest BCUT2D eigenvalue weighted by atomic mass is 32.1. The van der Waals surface area contributed by atoms with Crippen LogP contribution in [0.4, 0.5) is 0 Å². The number of piperazine rings is 1. The van der Waals surface area contributed by atoms with Gasteiger partial charge in [-0.25, -0.2) is 4.52 Å². The molecule has 1 aliphatic rings. The van der Waals surface area contributed by atoms with Gasteiger partial charge in [0, 0.05) is 60.1 Å². The lowest BCUT2D eigenvalue weighted by Crippen LogP contribution is -2.46. The molecule has 4 aromatic heterocycles. The zero-order valence-electron chi connectivity index (χ0n) is 16.7. The van der Waals surface area contributed by atoms with E-state index in [1.807, 2.05) is 40.4 Å². The number of nitrogens with zero attached hydrogens (tertiary/aromatic N) is 6. The van der Waals surface area contributed by atoms with Gasteiger partial charge >= 0.3 is 0 Å². The second kappa shape index (κ2) is 7.67. The maximum Gasteiger partial charge on any atom is 0.109 e. The molecule has 0 bridgehead atoms. The summed E-state index contributed by atoms with van der Waals surface area (Å²) in [6.07, 6.45) is 5.68. The number of hydrogen-bond acceptors (Lipinski definition) is 6. The molecule has 0 saturated carbocycles. The maximum absolute atomic E-state index is 4.58. The van der Waals surface area contributed by atoms with Crippen molar-refractivity contribution in [2.75, 3.05) is 26.7 Å². The molecule has 1 fully saturated rings. The number of aromatic nitrogens is 4. The summed E-state index contributed by atoms with van der Waals surface area (Å²) in [4.78, 5) is 11.8. The number of aryl methyl sites for hydroxylation is 1. The fourth-order valence-electron chi connectivity index (χ4n) is 4.03. The number of likely N-dealkylation sites (N-methyl/N-ethyl adjacent to an activating group) is 1. The molecule has 7 heteroatoms. The monoisotopic (exact) mass is 404 g/mol. The number of fused-ring (bicyclic) bond motifs is 1. The van der Waals surface area contributed by atoms with Crippen LogP contribution in [0, 0.1) is 6.92 Å². The highest BCUT2D eigenvalue weighted by molar-refractivity contribution is 7.11. The van der Waals surface area contributed by atoms with Crippen molar-refractivity contribution >= 4 is 16.9 Å². The molecule has 1 saturated heterocycles. The first-order valence-electron chi connectivity index (χ1n) is 9.90. The SMILES string of the molecule is Cc1ccc(CN2CCN(C)C(c3nnn4cc(-c5ccncc5)ccc34)C2)s1. The third-order valence-electron chi connectivity index (χ3n) is 5.68. The summed E-state index contributed by atoms with van der Waals surface area (Å²) in [5.74, 6) is 0. The Morgan fingerprint density at radius 2 is 1.90 bits per heavy atom. The second-order valence-electron chi connectivity index (χ2n) is 7.70. The molecule has 4 aromatic rings. The van der Waals surface area contributed by atoms with Gasteiger partial charge in [0.25, 0.3) is 0 Å². The minimum Gasteiger partial charge on any atom is -0.295 e. The molecular weight excluding hydrogens is 380 g/mol. The average molecular weight is 405 g/mol. The standard InChI is InChI=1S/C22H24N6S/c1-16-3-5-19(29-16)14-27-12-11-26(2)21(15-27)22-20-6-4-18(13-28(20)25-24-22)17-7-9-23-10-8-17/h3-10,13,21H,11-12,14-15H2,1-2H3. The molecule has 5 rings (SSSR count). The molecule has 29 heavy (non-hydrogen) atoms. The third kappa shape index (κ3) is 3.69. The lowest BCUT2D eigenvalue weighted by molar-refractivity contribution is 0.0896. The molecule has 6 nitrogen and oxygen atoms in total. The number of pyridine rings is 2. The van der Waals surface area contributed by atoms with Crippen LogP contribution in [0.25, 0.3) is 16.6 Å². The molecule has 0 aliphatic carbocycles. The number of hydrogen-bond donors (Lipinski definition) is 0. The Balaban J connectivity index is 1.41. The van der Waals surface area contributed by atoms with E-state index in [-0.39, 0.29) is 6.04 Å². The van der Waals surface area contributed by atoms with Gasteiger partial charge in [0.2, 0.25) is 0 Å². The molecule has 5 heterocycles. The van der Waals surface area contributed by atoms with Crippen LogP contribution in [0.1, 0.15) is 21.5 Å². The van der Waals surface area contributed by atoms with Gasteiger partial charge in [-0.1, -0.05) is 11.3 Å². The molecule has 0 amide bonds. The van der Waals surface area contributed by atoms with E-state index in [1.54, 1.807) is 0 Å². The molecular formula is C22H24N6S. The Labute approximate surface area is 174 Å². The van der Waals surface area contributed by atoms with Crippen LogP contribution in [0.2, 0.25) is 0 Å². The zero-order chi connectivity index (χ0) is 19.8. The van der Waals surface area contributed by atoms with Gasteiger partial charge in [-0.3, -0.25) is 14.8 Å². The highest BCUT2D eigenvalue weighted by Crippen LogP contribution is 2.29. The van der Waals surface area contributed by atoms with Crippen molar-refractivity contribution in [3.05, 3.63) is 70.4 Å². The first-order chi connectivity index (χ1) is 14.2. The van der Waals surface area contributed by atoms with Crippen LogP contribution in [0.3, 0.4) is 0 Å². The van der Waals surface area contributed by atoms with Gasteiger partial charge < -0.3 is 0 Å². The summed E-state index contributed by atoms with van der Waals surface area (Å²) >= 11 is 1.89. The Morgan fingerprint density at radius 3 is 2.69 bits per heavy atom.